The van der Waals surface area contributed by atoms with E-state index in [-0.39, 0.29) is 23.9 Å². The molecule has 1 aliphatic rings. The van der Waals surface area contributed by atoms with Crippen molar-refractivity contribution in [2.75, 3.05) is 26.2 Å². The van der Waals surface area contributed by atoms with Gasteiger partial charge in [-0.2, -0.15) is 5.10 Å². The Morgan fingerprint density at radius 2 is 1.91 bits per heavy atom. The zero-order chi connectivity index (χ0) is 23.4. The average molecular weight is 472 g/mol. The van der Waals surface area contributed by atoms with Crippen molar-refractivity contribution in [3.8, 4) is 5.75 Å². The second-order valence-corrected chi connectivity index (χ2v) is 10.1. The molecule has 1 saturated heterocycles. The summed E-state index contributed by atoms with van der Waals surface area (Å²) in [5, 5.41) is 7.67. The standard InChI is InChI=1S/C24H30FN5O2S/c1-24(2,3)23-26-19(16-33-23)15-28-10-4-11-29(14-13-28)22(31)21-9-12-30(27-21)17-32-20-7-5-18(25)6-8-20/h5-9,12,16H,4,10-11,13-15,17H2,1-3H3. The van der Waals surface area contributed by atoms with Gasteiger partial charge < -0.3 is 9.64 Å². The maximum Gasteiger partial charge on any atom is 0.274 e. The summed E-state index contributed by atoms with van der Waals surface area (Å²) in [4.78, 5) is 22.0. The minimum atomic E-state index is -0.313. The quantitative estimate of drug-likeness (QED) is 0.540. The Bertz CT molecular complexity index is 1070. The minimum absolute atomic E-state index is 0.0678. The molecule has 176 valence electrons. The van der Waals surface area contributed by atoms with Crippen molar-refractivity contribution in [1.29, 1.82) is 0 Å². The third-order valence-corrected chi connectivity index (χ3v) is 6.81. The molecule has 0 aliphatic carbocycles. The van der Waals surface area contributed by atoms with Gasteiger partial charge in [-0.15, -0.1) is 11.3 Å². The number of rotatable bonds is 6. The summed E-state index contributed by atoms with van der Waals surface area (Å²) in [5.41, 5.74) is 1.57. The summed E-state index contributed by atoms with van der Waals surface area (Å²) in [6.45, 7) is 10.6. The molecule has 2 aromatic heterocycles. The van der Waals surface area contributed by atoms with Gasteiger partial charge in [0.1, 0.15) is 11.6 Å². The molecule has 0 spiro atoms. The molecule has 9 heteroatoms. The molecular formula is C24H30FN5O2S. The summed E-state index contributed by atoms with van der Waals surface area (Å²) >= 11 is 1.72. The fourth-order valence-corrected chi connectivity index (χ4v) is 4.56. The molecule has 33 heavy (non-hydrogen) atoms. The van der Waals surface area contributed by atoms with Crippen LogP contribution in [-0.4, -0.2) is 56.7 Å². The van der Waals surface area contributed by atoms with Crippen LogP contribution in [0.4, 0.5) is 4.39 Å². The van der Waals surface area contributed by atoms with Crippen LogP contribution in [0.5, 0.6) is 5.75 Å². The summed E-state index contributed by atoms with van der Waals surface area (Å²) in [6, 6.07) is 7.51. The topological polar surface area (TPSA) is 63.5 Å². The van der Waals surface area contributed by atoms with Crippen LogP contribution in [0.3, 0.4) is 0 Å². The molecule has 0 N–H and O–H groups in total. The first-order valence-corrected chi connectivity index (χ1v) is 12.0. The van der Waals surface area contributed by atoms with Gasteiger partial charge in [-0.05, 0) is 36.8 Å². The molecule has 4 rings (SSSR count). The number of aromatic nitrogens is 3. The smallest absolute Gasteiger partial charge is 0.274 e. The zero-order valence-electron chi connectivity index (χ0n) is 19.3. The molecule has 0 unspecified atom stereocenters. The van der Waals surface area contributed by atoms with Crippen molar-refractivity contribution < 1.29 is 13.9 Å². The highest BCUT2D eigenvalue weighted by molar-refractivity contribution is 7.09. The van der Waals surface area contributed by atoms with Crippen LogP contribution in [0.1, 0.15) is 48.4 Å². The second-order valence-electron chi connectivity index (χ2n) is 9.28. The highest BCUT2D eigenvalue weighted by atomic mass is 32.1. The number of carbonyl (C=O) groups is 1. The SMILES string of the molecule is CC(C)(C)c1nc(CN2CCCN(C(=O)c3ccn(COc4ccc(F)cc4)n3)CC2)cs1. The normalized spacial score (nSPS) is 15.5. The number of amides is 1. The fraction of sp³-hybridized carbons (Fsp3) is 0.458. The lowest BCUT2D eigenvalue weighted by atomic mass is 9.98. The number of ether oxygens (including phenoxy) is 1. The van der Waals surface area contributed by atoms with E-state index < -0.39 is 0 Å². The Hall–Kier alpha value is -2.78. The average Bonchev–Trinajstić information content (AvgIpc) is 3.39. The Morgan fingerprint density at radius 3 is 2.64 bits per heavy atom. The van der Waals surface area contributed by atoms with Crippen molar-refractivity contribution in [1.82, 2.24) is 24.6 Å². The van der Waals surface area contributed by atoms with Gasteiger partial charge >= 0.3 is 0 Å². The Labute approximate surface area is 197 Å². The fourth-order valence-electron chi connectivity index (χ4n) is 3.67. The van der Waals surface area contributed by atoms with E-state index in [4.69, 9.17) is 9.72 Å². The first kappa shape index (κ1) is 23.4. The lowest BCUT2D eigenvalue weighted by Crippen LogP contribution is -2.35. The van der Waals surface area contributed by atoms with Gasteiger partial charge in [0.15, 0.2) is 12.4 Å². The van der Waals surface area contributed by atoms with E-state index >= 15 is 0 Å². The van der Waals surface area contributed by atoms with E-state index in [9.17, 15) is 9.18 Å². The zero-order valence-corrected chi connectivity index (χ0v) is 20.1. The highest BCUT2D eigenvalue weighted by Crippen LogP contribution is 2.26. The number of nitrogens with zero attached hydrogens (tertiary/aromatic N) is 5. The molecule has 3 heterocycles. The number of hydrogen-bond donors (Lipinski definition) is 0. The lowest BCUT2D eigenvalue weighted by molar-refractivity contribution is 0.0753. The largest absolute Gasteiger partial charge is 0.471 e. The first-order chi connectivity index (χ1) is 15.8. The second kappa shape index (κ2) is 10.0. The monoisotopic (exact) mass is 471 g/mol. The highest BCUT2D eigenvalue weighted by Gasteiger charge is 2.23. The van der Waals surface area contributed by atoms with Crippen LogP contribution < -0.4 is 4.74 Å². The molecular weight excluding hydrogens is 441 g/mol. The lowest BCUT2D eigenvalue weighted by Gasteiger charge is -2.21. The van der Waals surface area contributed by atoms with E-state index in [2.05, 4.69) is 36.1 Å². The van der Waals surface area contributed by atoms with E-state index in [1.807, 2.05) is 4.90 Å². The summed E-state index contributed by atoms with van der Waals surface area (Å²) < 4.78 is 20.2. The van der Waals surface area contributed by atoms with E-state index in [0.29, 0.717) is 24.5 Å². The van der Waals surface area contributed by atoms with Gasteiger partial charge in [0.25, 0.3) is 5.91 Å². The van der Waals surface area contributed by atoms with Crippen LogP contribution in [0.15, 0.2) is 41.9 Å². The van der Waals surface area contributed by atoms with E-state index in [1.54, 1.807) is 40.4 Å². The third-order valence-electron chi connectivity index (χ3n) is 5.49. The van der Waals surface area contributed by atoms with Gasteiger partial charge in [-0.1, -0.05) is 20.8 Å². The van der Waals surface area contributed by atoms with Crippen LogP contribution in [0, 0.1) is 5.82 Å². The molecule has 1 fully saturated rings. The van der Waals surface area contributed by atoms with Gasteiger partial charge in [-0.25, -0.2) is 14.1 Å². The van der Waals surface area contributed by atoms with Crippen molar-refractivity contribution in [3.63, 3.8) is 0 Å². The summed E-state index contributed by atoms with van der Waals surface area (Å²) in [5.74, 6) is 0.162. The van der Waals surface area contributed by atoms with Gasteiger partial charge in [0, 0.05) is 49.7 Å². The molecule has 1 amide bonds. The Kier molecular flexibility index (Phi) is 7.09. The maximum atomic E-state index is 13.0. The van der Waals surface area contributed by atoms with Gasteiger partial charge in [0.2, 0.25) is 0 Å². The number of hydrogen-bond acceptors (Lipinski definition) is 6. The van der Waals surface area contributed by atoms with E-state index in [0.717, 1.165) is 36.8 Å². The predicted octanol–water partition coefficient (Wildman–Crippen LogP) is 4.16. The van der Waals surface area contributed by atoms with Crippen LogP contribution in [0.25, 0.3) is 0 Å². The molecule has 0 saturated carbocycles. The first-order valence-electron chi connectivity index (χ1n) is 11.2. The Balaban J connectivity index is 1.29. The summed E-state index contributed by atoms with van der Waals surface area (Å²) in [6.07, 6.45) is 2.63. The number of halogens is 1. The van der Waals surface area contributed by atoms with Gasteiger partial charge in [-0.3, -0.25) is 9.69 Å². The molecule has 3 aromatic rings. The predicted molar refractivity (Wildman–Crippen MR) is 126 cm³/mol. The van der Waals surface area contributed by atoms with Crippen molar-refractivity contribution >= 4 is 17.2 Å². The number of carbonyl (C=O) groups excluding carboxylic acids is 1. The van der Waals surface area contributed by atoms with Crippen molar-refractivity contribution in [3.05, 3.63) is 64.1 Å². The van der Waals surface area contributed by atoms with Crippen molar-refractivity contribution in [2.45, 2.75) is 45.9 Å². The number of thiazole rings is 1. The minimum Gasteiger partial charge on any atom is -0.471 e. The maximum absolute atomic E-state index is 13.0. The molecule has 1 aliphatic heterocycles. The third kappa shape index (κ3) is 6.17. The molecule has 0 radical (unpaired) electrons. The van der Waals surface area contributed by atoms with Crippen LogP contribution in [-0.2, 0) is 18.7 Å². The molecule has 0 bridgehead atoms. The van der Waals surface area contributed by atoms with Crippen LogP contribution >= 0.6 is 11.3 Å². The van der Waals surface area contributed by atoms with Gasteiger partial charge in [0.05, 0.1) is 10.7 Å². The molecule has 7 nitrogen and oxygen atoms in total. The number of benzene rings is 1. The Morgan fingerprint density at radius 1 is 1.12 bits per heavy atom. The molecule has 1 aromatic carbocycles. The van der Waals surface area contributed by atoms with Crippen LogP contribution in [0.2, 0.25) is 0 Å². The molecule has 0 atom stereocenters. The summed E-state index contributed by atoms with van der Waals surface area (Å²) in [7, 11) is 0. The van der Waals surface area contributed by atoms with E-state index in [1.165, 1.54) is 12.1 Å². The van der Waals surface area contributed by atoms with Crippen molar-refractivity contribution in [2.24, 2.45) is 0 Å².